The van der Waals surface area contributed by atoms with Gasteiger partial charge in [-0.3, -0.25) is 0 Å². The zero-order valence-corrected chi connectivity index (χ0v) is 13.3. The molecule has 0 radical (unpaired) electrons. The maximum absolute atomic E-state index is 6.41. The van der Waals surface area contributed by atoms with Crippen molar-refractivity contribution in [3.05, 3.63) is 33.8 Å². The SMILES string of the molecule is CCCNC(c1cc(Cl)ccc1Cl)C1(C)CCCC1. The highest BCUT2D eigenvalue weighted by atomic mass is 35.5. The lowest BCUT2D eigenvalue weighted by atomic mass is 9.77. The van der Waals surface area contributed by atoms with Crippen LogP contribution in [-0.4, -0.2) is 6.54 Å². The van der Waals surface area contributed by atoms with Crippen molar-refractivity contribution in [2.75, 3.05) is 6.54 Å². The van der Waals surface area contributed by atoms with Crippen molar-refractivity contribution >= 4 is 23.2 Å². The second kappa shape index (κ2) is 6.47. The van der Waals surface area contributed by atoms with Crippen LogP contribution in [0.3, 0.4) is 0 Å². The first-order chi connectivity index (χ1) is 9.07. The van der Waals surface area contributed by atoms with E-state index < -0.39 is 0 Å². The summed E-state index contributed by atoms with van der Waals surface area (Å²) >= 11 is 12.6. The molecule has 2 rings (SSSR count). The smallest absolute Gasteiger partial charge is 0.0455 e. The molecular formula is C16H23Cl2N. The molecule has 19 heavy (non-hydrogen) atoms. The van der Waals surface area contributed by atoms with Gasteiger partial charge in [-0.25, -0.2) is 0 Å². The third kappa shape index (κ3) is 3.45. The number of hydrogen-bond acceptors (Lipinski definition) is 1. The first-order valence-electron chi connectivity index (χ1n) is 7.25. The molecular weight excluding hydrogens is 277 g/mol. The predicted molar refractivity (Wildman–Crippen MR) is 84.1 cm³/mol. The van der Waals surface area contributed by atoms with Crippen LogP contribution < -0.4 is 5.32 Å². The largest absolute Gasteiger partial charge is 0.309 e. The van der Waals surface area contributed by atoms with Crippen LogP contribution in [0.1, 0.15) is 57.6 Å². The lowest BCUT2D eigenvalue weighted by Gasteiger charge is -2.36. The Kier molecular flexibility index (Phi) is 5.16. The average molecular weight is 300 g/mol. The minimum atomic E-state index is 0.295. The minimum absolute atomic E-state index is 0.295. The van der Waals surface area contributed by atoms with E-state index in [9.17, 15) is 0 Å². The Balaban J connectivity index is 2.33. The first-order valence-corrected chi connectivity index (χ1v) is 8.01. The molecule has 0 heterocycles. The van der Waals surface area contributed by atoms with Gasteiger partial charge in [0.15, 0.2) is 0 Å². The van der Waals surface area contributed by atoms with E-state index in [-0.39, 0.29) is 0 Å². The van der Waals surface area contributed by atoms with E-state index in [1.54, 1.807) is 0 Å². The molecule has 0 aliphatic heterocycles. The standard InChI is InChI=1S/C16H23Cl2N/c1-3-10-19-15(16(2)8-4-5-9-16)13-11-12(17)6-7-14(13)18/h6-7,11,15,19H,3-5,8-10H2,1-2H3. The predicted octanol–water partition coefficient (Wildman–Crippen LogP) is 5.61. The minimum Gasteiger partial charge on any atom is -0.309 e. The molecule has 1 fully saturated rings. The third-order valence-corrected chi connectivity index (χ3v) is 4.89. The van der Waals surface area contributed by atoms with Crippen molar-refractivity contribution < 1.29 is 0 Å². The number of hydrogen-bond donors (Lipinski definition) is 1. The molecule has 0 aromatic heterocycles. The molecule has 1 N–H and O–H groups in total. The summed E-state index contributed by atoms with van der Waals surface area (Å²) in [7, 11) is 0. The van der Waals surface area contributed by atoms with E-state index in [4.69, 9.17) is 23.2 Å². The third-order valence-electron chi connectivity index (χ3n) is 4.31. The number of nitrogens with one attached hydrogen (secondary N) is 1. The van der Waals surface area contributed by atoms with Gasteiger partial charge in [-0.2, -0.15) is 0 Å². The summed E-state index contributed by atoms with van der Waals surface area (Å²) in [6.45, 7) is 5.59. The normalized spacial score (nSPS) is 19.6. The molecule has 1 aliphatic carbocycles. The summed E-state index contributed by atoms with van der Waals surface area (Å²) in [5.41, 5.74) is 1.45. The summed E-state index contributed by atoms with van der Waals surface area (Å²) in [4.78, 5) is 0. The summed E-state index contributed by atoms with van der Waals surface area (Å²) < 4.78 is 0. The Bertz CT molecular complexity index is 425. The van der Waals surface area contributed by atoms with Crippen LogP contribution in [0.4, 0.5) is 0 Å². The molecule has 0 spiro atoms. The van der Waals surface area contributed by atoms with Gasteiger partial charge in [-0.05, 0) is 55.0 Å². The highest BCUT2D eigenvalue weighted by molar-refractivity contribution is 6.33. The zero-order chi connectivity index (χ0) is 13.9. The molecule has 1 saturated carbocycles. The van der Waals surface area contributed by atoms with E-state index in [0.717, 1.165) is 28.6 Å². The lowest BCUT2D eigenvalue weighted by molar-refractivity contribution is 0.224. The Hall–Kier alpha value is -0.240. The fourth-order valence-electron chi connectivity index (χ4n) is 3.23. The monoisotopic (exact) mass is 299 g/mol. The molecule has 0 bridgehead atoms. The van der Waals surface area contributed by atoms with Gasteiger partial charge in [-0.15, -0.1) is 0 Å². The Morgan fingerprint density at radius 3 is 2.58 bits per heavy atom. The quantitative estimate of drug-likeness (QED) is 0.744. The van der Waals surface area contributed by atoms with Crippen molar-refractivity contribution in [2.45, 2.75) is 52.0 Å². The van der Waals surface area contributed by atoms with Crippen molar-refractivity contribution in [3.63, 3.8) is 0 Å². The van der Waals surface area contributed by atoms with Gasteiger partial charge in [0.25, 0.3) is 0 Å². The Labute approximate surface area is 126 Å². The van der Waals surface area contributed by atoms with Gasteiger partial charge in [-0.1, -0.05) is 49.9 Å². The van der Waals surface area contributed by atoms with Crippen molar-refractivity contribution in [2.24, 2.45) is 5.41 Å². The van der Waals surface area contributed by atoms with Crippen molar-refractivity contribution in [1.29, 1.82) is 0 Å². The van der Waals surface area contributed by atoms with E-state index >= 15 is 0 Å². The van der Waals surface area contributed by atoms with E-state index in [2.05, 4.69) is 19.2 Å². The average Bonchev–Trinajstić information content (AvgIpc) is 2.82. The Morgan fingerprint density at radius 1 is 1.26 bits per heavy atom. The van der Waals surface area contributed by atoms with Crippen LogP contribution >= 0.6 is 23.2 Å². The molecule has 1 aromatic rings. The van der Waals surface area contributed by atoms with Gasteiger partial charge >= 0.3 is 0 Å². The maximum atomic E-state index is 6.41. The maximum Gasteiger partial charge on any atom is 0.0455 e. The summed E-state index contributed by atoms with van der Waals surface area (Å²) in [5, 5.41) is 5.29. The van der Waals surface area contributed by atoms with Gasteiger partial charge in [0.05, 0.1) is 0 Å². The number of halogens is 2. The van der Waals surface area contributed by atoms with Crippen molar-refractivity contribution in [3.8, 4) is 0 Å². The van der Waals surface area contributed by atoms with Gasteiger partial charge in [0, 0.05) is 16.1 Å². The Morgan fingerprint density at radius 2 is 1.95 bits per heavy atom. The van der Waals surface area contributed by atoms with Crippen LogP contribution in [0.25, 0.3) is 0 Å². The van der Waals surface area contributed by atoms with Crippen LogP contribution in [0.5, 0.6) is 0 Å². The number of benzene rings is 1. The second-order valence-corrected chi connectivity index (χ2v) is 6.76. The van der Waals surface area contributed by atoms with E-state index in [0.29, 0.717) is 11.5 Å². The van der Waals surface area contributed by atoms with Crippen LogP contribution in [0.15, 0.2) is 18.2 Å². The van der Waals surface area contributed by atoms with Gasteiger partial charge in [0.1, 0.15) is 0 Å². The van der Waals surface area contributed by atoms with E-state index in [1.807, 2.05) is 18.2 Å². The summed E-state index contributed by atoms with van der Waals surface area (Å²) in [5.74, 6) is 0. The topological polar surface area (TPSA) is 12.0 Å². The summed E-state index contributed by atoms with van der Waals surface area (Å²) in [6.07, 6.45) is 6.29. The fraction of sp³-hybridized carbons (Fsp3) is 0.625. The molecule has 1 nitrogen and oxygen atoms in total. The molecule has 1 aromatic carbocycles. The highest BCUT2D eigenvalue weighted by Crippen LogP contribution is 2.48. The van der Waals surface area contributed by atoms with Crippen LogP contribution in [-0.2, 0) is 0 Å². The van der Waals surface area contributed by atoms with Crippen LogP contribution in [0, 0.1) is 5.41 Å². The molecule has 3 heteroatoms. The van der Waals surface area contributed by atoms with E-state index in [1.165, 1.54) is 25.7 Å². The number of rotatable bonds is 5. The molecule has 106 valence electrons. The second-order valence-electron chi connectivity index (χ2n) is 5.91. The molecule has 1 unspecified atom stereocenters. The molecule has 0 saturated heterocycles. The van der Waals surface area contributed by atoms with Gasteiger partial charge < -0.3 is 5.32 Å². The summed E-state index contributed by atoms with van der Waals surface area (Å²) in [6, 6.07) is 6.11. The van der Waals surface area contributed by atoms with Crippen LogP contribution in [0.2, 0.25) is 10.0 Å². The fourth-order valence-corrected chi connectivity index (χ4v) is 3.63. The molecule has 0 amide bonds. The zero-order valence-electron chi connectivity index (χ0n) is 11.8. The molecule has 1 aliphatic rings. The van der Waals surface area contributed by atoms with Crippen molar-refractivity contribution in [1.82, 2.24) is 5.32 Å². The highest BCUT2D eigenvalue weighted by Gasteiger charge is 2.38. The lowest BCUT2D eigenvalue weighted by Crippen LogP contribution is -2.35. The van der Waals surface area contributed by atoms with Gasteiger partial charge in [0.2, 0.25) is 0 Å². The molecule has 1 atom stereocenters. The first kappa shape index (κ1) is 15.2.